The maximum Gasteiger partial charge on any atom is 0.261 e. The van der Waals surface area contributed by atoms with Gasteiger partial charge in [-0.2, -0.15) is 0 Å². The predicted octanol–water partition coefficient (Wildman–Crippen LogP) is 5.53. The average molecular weight is 445 g/mol. The van der Waals surface area contributed by atoms with Crippen LogP contribution in [0.15, 0.2) is 114 Å². The Bertz CT molecular complexity index is 1310. The molecule has 0 unspecified atom stereocenters. The normalized spacial score (nSPS) is 10.9. The van der Waals surface area contributed by atoms with Crippen molar-refractivity contribution in [3.8, 4) is 11.5 Å². The van der Waals surface area contributed by atoms with Gasteiger partial charge >= 0.3 is 0 Å². The van der Waals surface area contributed by atoms with Gasteiger partial charge in [0.05, 0.1) is 16.1 Å². The minimum atomic E-state index is -3.82. The molecule has 32 heavy (non-hydrogen) atoms. The molecule has 0 saturated heterocycles. The zero-order valence-corrected chi connectivity index (χ0v) is 17.8. The van der Waals surface area contributed by atoms with Crippen molar-refractivity contribution in [2.45, 2.75) is 4.90 Å². The Labute approximate surface area is 186 Å². The number of nitrogens with one attached hydrogen (secondary N) is 2. The monoisotopic (exact) mass is 444 g/mol. The van der Waals surface area contributed by atoms with Crippen molar-refractivity contribution in [3.63, 3.8) is 0 Å². The van der Waals surface area contributed by atoms with Gasteiger partial charge in [0.25, 0.3) is 15.9 Å². The van der Waals surface area contributed by atoms with E-state index in [1.54, 1.807) is 66.7 Å². The lowest BCUT2D eigenvalue weighted by Gasteiger charge is -2.13. The van der Waals surface area contributed by atoms with Crippen LogP contribution in [0.2, 0.25) is 0 Å². The summed E-state index contributed by atoms with van der Waals surface area (Å²) in [6.07, 6.45) is 0. The van der Waals surface area contributed by atoms with Crippen LogP contribution < -0.4 is 14.8 Å². The van der Waals surface area contributed by atoms with Gasteiger partial charge in [0, 0.05) is 5.69 Å². The van der Waals surface area contributed by atoms with Crippen LogP contribution in [-0.4, -0.2) is 14.3 Å². The summed E-state index contributed by atoms with van der Waals surface area (Å²) >= 11 is 0. The van der Waals surface area contributed by atoms with E-state index in [9.17, 15) is 13.2 Å². The number of rotatable bonds is 7. The van der Waals surface area contributed by atoms with Gasteiger partial charge in [-0.15, -0.1) is 0 Å². The van der Waals surface area contributed by atoms with Crippen LogP contribution in [0, 0.1) is 0 Å². The molecule has 0 saturated carbocycles. The Morgan fingerprint density at radius 2 is 1.22 bits per heavy atom. The molecule has 0 bridgehead atoms. The molecule has 4 aromatic rings. The highest BCUT2D eigenvalue weighted by Crippen LogP contribution is 2.24. The summed E-state index contributed by atoms with van der Waals surface area (Å²) in [4.78, 5) is 13.0. The molecule has 2 N–H and O–H groups in total. The Morgan fingerprint density at radius 1 is 0.656 bits per heavy atom. The van der Waals surface area contributed by atoms with Gasteiger partial charge in [0.2, 0.25) is 0 Å². The van der Waals surface area contributed by atoms with Gasteiger partial charge in [-0.3, -0.25) is 9.52 Å². The molecular formula is C25H20N2O4S. The number of hydrogen-bond acceptors (Lipinski definition) is 4. The van der Waals surface area contributed by atoms with Crippen molar-refractivity contribution in [3.05, 3.63) is 115 Å². The number of amides is 1. The van der Waals surface area contributed by atoms with E-state index in [0.717, 1.165) is 0 Å². The van der Waals surface area contributed by atoms with Crippen molar-refractivity contribution in [1.82, 2.24) is 0 Å². The van der Waals surface area contributed by atoms with Crippen LogP contribution in [0.5, 0.6) is 11.5 Å². The number of carbonyl (C=O) groups excluding carboxylic acids is 1. The number of carbonyl (C=O) groups is 1. The summed E-state index contributed by atoms with van der Waals surface area (Å²) in [5.41, 5.74) is 0.950. The number of benzene rings is 4. The minimum Gasteiger partial charge on any atom is -0.457 e. The van der Waals surface area contributed by atoms with Gasteiger partial charge in [-0.25, -0.2) is 8.42 Å². The Balaban J connectivity index is 1.48. The van der Waals surface area contributed by atoms with Gasteiger partial charge in [0.1, 0.15) is 11.5 Å². The first-order valence-electron chi connectivity index (χ1n) is 9.82. The molecule has 0 atom stereocenters. The number of para-hydroxylation sites is 2. The highest BCUT2D eigenvalue weighted by Gasteiger charge is 2.18. The van der Waals surface area contributed by atoms with E-state index >= 15 is 0 Å². The Hall–Kier alpha value is -4.10. The van der Waals surface area contributed by atoms with E-state index in [-0.39, 0.29) is 16.1 Å². The Morgan fingerprint density at radius 3 is 1.91 bits per heavy atom. The lowest BCUT2D eigenvalue weighted by Crippen LogP contribution is -2.18. The second-order valence-corrected chi connectivity index (χ2v) is 8.54. The Kier molecular flexibility index (Phi) is 6.19. The predicted molar refractivity (Wildman–Crippen MR) is 125 cm³/mol. The van der Waals surface area contributed by atoms with Crippen LogP contribution in [0.1, 0.15) is 10.4 Å². The number of anilines is 2. The van der Waals surface area contributed by atoms with E-state index in [1.807, 2.05) is 30.3 Å². The molecule has 7 heteroatoms. The third-order valence-corrected chi connectivity index (χ3v) is 5.94. The maximum absolute atomic E-state index is 12.9. The zero-order chi connectivity index (χ0) is 22.4. The van der Waals surface area contributed by atoms with Crippen molar-refractivity contribution in [2.24, 2.45) is 0 Å². The van der Waals surface area contributed by atoms with E-state index in [2.05, 4.69) is 10.0 Å². The van der Waals surface area contributed by atoms with E-state index in [0.29, 0.717) is 17.2 Å². The van der Waals surface area contributed by atoms with Crippen LogP contribution in [0.3, 0.4) is 0 Å². The highest BCUT2D eigenvalue weighted by molar-refractivity contribution is 7.92. The molecule has 4 aromatic carbocycles. The SMILES string of the molecule is O=C(Nc1ccc(Oc2ccccc2)cc1)c1ccccc1NS(=O)(=O)c1ccccc1. The molecule has 0 heterocycles. The smallest absolute Gasteiger partial charge is 0.261 e. The molecule has 0 aromatic heterocycles. The second kappa shape index (κ2) is 9.36. The largest absolute Gasteiger partial charge is 0.457 e. The first-order chi connectivity index (χ1) is 15.5. The fourth-order valence-electron chi connectivity index (χ4n) is 3.00. The molecular weight excluding hydrogens is 424 g/mol. The van der Waals surface area contributed by atoms with Crippen molar-refractivity contribution in [1.29, 1.82) is 0 Å². The van der Waals surface area contributed by atoms with Crippen molar-refractivity contribution >= 4 is 27.3 Å². The van der Waals surface area contributed by atoms with Crippen LogP contribution >= 0.6 is 0 Å². The molecule has 6 nitrogen and oxygen atoms in total. The summed E-state index contributed by atoms with van der Waals surface area (Å²) in [6, 6.07) is 30.7. The molecule has 0 aliphatic carbocycles. The summed E-state index contributed by atoms with van der Waals surface area (Å²) < 4.78 is 33.6. The lowest BCUT2D eigenvalue weighted by molar-refractivity contribution is 0.102. The zero-order valence-electron chi connectivity index (χ0n) is 16.9. The van der Waals surface area contributed by atoms with E-state index in [4.69, 9.17) is 4.74 Å². The molecule has 0 spiro atoms. The second-order valence-electron chi connectivity index (χ2n) is 6.86. The molecule has 160 valence electrons. The summed E-state index contributed by atoms with van der Waals surface area (Å²) in [5.74, 6) is 0.905. The molecule has 0 aliphatic rings. The van der Waals surface area contributed by atoms with E-state index in [1.165, 1.54) is 12.1 Å². The molecule has 0 fully saturated rings. The van der Waals surface area contributed by atoms with E-state index < -0.39 is 15.9 Å². The van der Waals surface area contributed by atoms with Crippen LogP contribution in [0.25, 0.3) is 0 Å². The molecule has 1 amide bonds. The molecule has 0 aliphatic heterocycles. The molecule has 4 rings (SSSR count). The highest BCUT2D eigenvalue weighted by atomic mass is 32.2. The maximum atomic E-state index is 12.9. The van der Waals surface area contributed by atoms with Crippen LogP contribution in [-0.2, 0) is 10.0 Å². The number of sulfonamides is 1. The average Bonchev–Trinajstić information content (AvgIpc) is 2.82. The molecule has 0 radical (unpaired) electrons. The summed E-state index contributed by atoms with van der Waals surface area (Å²) in [7, 11) is -3.82. The summed E-state index contributed by atoms with van der Waals surface area (Å²) in [5, 5.41) is 2.79. The van der Waals surface area contributed by atoms with Gasteiger partial charge < -0.3 is 10.1 Å². The third-order valence-electron chi connectivity index (χ3n) is 4.56. The van der Waals surface area contributed by atoms with Crippen LogP contribution in [0.4, 0.5) is 11.4 Å². The fourth-order valence-corrected chi connectivity index (χ4v) is 4.10. The fraction of sp³-hybridized carbons (Fsp3) is 0. The minimum absolute atomic E-state index is 0.115. The van der Waals surface area contributed by atoms with Gasteiger partial charge in [0.15, 0.2) is 0 Å². The lowest BCUT2D eigenvalue weighted by atomic mass is 10.1. The third kappa shape index (κ3) is 5.14. The first-order valence-corrected chi connectivity index (χ1v) is 11.3. The number of hydrogen-bond donors (Lipinski definition) is 2. The number of ether oxygens (including phenoxy) is 1. The topological polar surface area (TPSA) is 84.5 Å². The van der Waals surface area contributed by atoms with Gasteiger partial charge in [-0.05, 0) is 60.7 Å². The summed E-state index contributed by atoms with van der Waals surface area (Å²) in [6.45, 7) is 0. The van der Waals surface area contributed by atoms with Crippen molar-refractivity contribution < 1.29 is 17.9 Å². The van der Waals surface area contributed by atoms with Crippen molar-refractivity contribution in [2.75, 3.05) is 10.0 Å². The first kappa shape index (κ1) is 21.1. The quantitative estimate of drug-likeness (QED) is 0.392. The standard InChI is InChI=1S/C25H20N2O4S/c28-25(26-19-15-17-21(18-16-19)31-20-9-3-1-4-10-20)23-13-7-8-14-24(23)27-32(29,30)22-11-5-2-6-12-22/h1-18,27H,(H,26,28). The van der Waals surface area contributed by atoms with Gasteiger partial charge in [-0.1, -0.05) is 48.5 Å².